The van der Waals surface area contributed by atoms with Gasteiger partial charge in [-0.05, 0) is 37.3 Å². The van der Waals surface area contributed by atoms with E-state index in [9.17, 15) is 0 Å². The van der Waals surface area contributed by atoms with Gasteiger partial charge in [-0.25, -0.2) is 4.98 Å². The standard InChI is InChI=1S/C17H23N3/c1-3-10-20-11-9-19-17(20)16(18-2)15-12-14(15)13-7-5-4-6-8-13/h4-9,11,14-16,18H,3,10,12H2,1-2H3. The van der Waals surface area contributed by atoms with Crippen molar-refractivity contribution in [3.05, 3.63) is 54.1 Å². The van der Waals surface area contributed by atoms with Gasteiger partial charge in [-0.15, -0.1) is 0 Å². The minimum atomic E-state index is 0.363. The Balaban J connectivity index is 1.77. The lowest BCUT2D eigenvalue weighted by molar-refractivity contribution is 0.462. The first-order valence-electron chi connectivity index (χ1n) is 7.58. The molecule has 1 aliphatic rings. The second-order valence-corrected chi connectivity index (χ2v) is 5.66. The van der Waals surface area contributed by atoms with Crippen LogP contribution in [0.15, 0.2) is 42.7 Å². The van der Waals surface area contributed by atoms with Crippen LogP contribution in [0.1, 0.15) is 43.1 Å². The maximum Gasteiger partial charge on any atom is 0.126 e. The van der Waals surface area contributed by atoms with E-state index in [0.717, 1.165) is 13.0 Å². The van der Waals surface area contributed by atoms with Crippen molar-refractivity contribution in [1.29, 1.82) is 0 Å². The third-order valence-corrected chi connectivity index (χ3v) is 4.30. The van der Waals surface area contributed by atoms with Gasteiger partial charge in [-0.3, -0.25) is 0 Å². The summed E-state index contributed by atoms with van der Waals surface area (Å²) >= 11 is 0. The Morgan fingerprint density at radius 3 is 2.85 bits per heavy atom. The predicted molar refractivity (Wildman–Crippen MR) is 81.6 cm³/mol. The van der Waals surface area contributed by atoms with Gasteiger partial charge in [0.15, 0.2) is 0 Å². The molecule has 0 aliphatic heterocycles. The summed E-state index contributed by atoms with van der Waals surface area (Å²) < 4.78 is 2.29. The van der Waals surface area contributed by atoms with Gasteiger partial charge in [-0.2, -0.15) is 0 Å². The van der Waals surface area contributed by atoms with Crippen molar-refractivity contribution in [2.24, 2.45) is 5.92 Å². The summed E-state index contributed by atoms with van der Waals surface area (Å²) in [7, 11) is 2.05. The lowest BCUT2D eigenvalue weighted by atomic mass is 10.0. The van der Waals surface area contributed by atoms with E-state index >= 15 is 0 Å². The molecule has 1 aliphatic carbocycles. The van der Waals surface area contributed by atoms with Crippen molar-refractivity contribution in [3.63, 3.8) is 0 Å². The van der Waals surface area contributed by atoms with E-state index in [2.05, 4.69) is 65.4 Å². The topological polar surface area (TPSA) is 29.9 Å². The molecule has 0 spiro atoms. The number of benzene rings is 1. The highest BCUT2D eigenvalue weighted by molar-refractivity contribution is 5.27. The van der Waals surface area contributed by atoms with Gasteiger partial charge in [-0.1, -0.05) is 37.3 Å². The summed E-state index contributed by atoms with van der Waals surface area (Å²) in [4.78, 5) is 4.60. The van der Waals surface area contributed by atoms with E-state index in [4.69, 9.17) is 0 Å². The molecule has 3 atom stereocenters. The highest BCUT2D eigenvalue weighted by Gasteiger charge is 2.45. The molecule has 0 bridgehead atoms. The summed E-state index contributed by atoms with van der Waals surface area (Å²) in [5.41, 5.74) is 1.46. The number of aryl methyl sites for hydroxylation is 1. The number of nitrogens with one attached hydrogen (secondary N) is 1. The fourth-order valence-electron chi connectivity index (χ4n) is 3.23. The van der Waals surface area contributed by atoms with Crippen molar-refractivity contribution >= 4 is 0 Å². The van der Waals surface area contributed by atoms with Gasteiger partial charge in [0.05, 0.1) is 6.04 Å². The Morgan fingerprint density at radius 1 is 1.35 bits per heavy atom. The second kappa shape index (κ2) is 5.80. The quantitative estimate of drug-likeness (QED) is 0.871. The molecule has 2 aromatic rings. The Morgan fingerprint density at radius 2 is 2.15 bits per heavy atom. The maximum atomic E-state index is 4.60. The van der Waals surface area contributed by atoms with Crippen LogP contribution in [0.2, 0.25) is 0 Å². The number of rotatable bonds is 6. The van der Waals surface area contributed by atoms with Crippen LogP contribution in [0.25, 0.3) is 0 Å². The number of aromatic nitrogens is 2. The zero-order valence-electron chi connectivity index (χ0n) is 12.3. The maximum absolute atomic E-state index is 4.60. The van der Waals surface area contributed by atoms with Gasteiger partial charge in [0, 0.05) is 18.9 Å². The molecular weight excluding hydrogens is 246 g/mol. The van der Waals surface area contributed by atoms with Crippen LogP contribution in [-0.4, -0.2) is 16.6 Å². The van der Waals surface area contributed by atoms with Crippen LogP contribution in [0.5, 0.6) is 0 Å². The number of hydrogen-bond acceptors (Lipinski definition) is 2. The molecule has 3 rings (SSSR count). The summed E-state index contributed by atoms with van der Waals surface area (Å²) in [6.07, 6.45) is 6.43. The Kier molecular flexibility index (Phi) is 3.88. The van der Waals surface area contributed by atoms with E-state index in [1.165, 1.54) is 17.8 Å². The van der Waals surface area contributed by atoms with Crippen LogP contribution in [0.3, 0.4) is 0 Å². The monoisotopic (exact) mass is 269 g/mol. The Labute approximate surface area is 121 Å². The first kappa shape index (κ1) is 13.4. The van der Waals surface area contributed by atoms with Crippen molar-refractivity contribution in [3.8, 4) is 0 Å². The van der Waals surface area contributed by atoms with E-state index in [1.54, 1.807) is 0 Å². The molecule has 3 nitrogen and oxygen atoms in total. The van der Waals surface area contributed by atoms with Crippen molar-refractivity contribution < 1.29 is 0 Å². The average Bonchev–Trinajstić information content (AvgIpc) is 3.14. The molecule has 1 heterocycles. The summed E-state index contributed by atoms with van der Waals surface area (Å²) in [5, 5.41) is 3.48. The van der Waals surface area contributed by atoms with E-state index in [1.807, 2.05) is 6.20 Å². The second-order valence-electron chi connectivity index (χ2n) is 5.66. The van der Waals surface area contributed by atoms with Gasteiger partial charge < -0.3 is 9.88 Å². The predicted octanol–water partition coefficient (Wildman–Crippen LogP) is 3.36. The normalized spacial score (nSPS) is 22.7. The van der Waals surface area contributed by atoms with Crippen molar-refractivity contribution in [2.45, 2.75) is 38.3 Å². The molecular formula is C17H23N3. The first-order valence-corrected chi connectivity index (χ1v) is 7.58. The molecule has 1 aromatic heterocycles. The van der Waals surface area contributed by atoms with Crippen molar-refractivity contribution in [2.75, 3.05) is 7.05 Å². The fraction of sp³-hybridized carbons (Fsp3) is 0.471. The molecule has 3 unspecified atom stereocenters. The lowest BCUT2D eigenvalue weighted by Gasteiger charge is -2.17. The van der Waals surface area contributed by atoms with Gasteiger partial charge in [0.25, 0.3) is 0 Å². The van der Waals surface area contributed by atoms with Crippen molar-refractivity contribution in [1.82, 2.24) is 14.9 Å². The van der Waals surface area contributed by atoms with Crippen LogP contribution in [-0.2, 0) is 6.54 Å². The average molecular weight is 269 g/mol. The number of hydrogen-bond donors (Lipinski definition) is 1. The minimum absolute atomic E-state index is 0.363. The van der Waals surface area contributed by atoms with Crippen LogP contribution in [0.4, 0.5) is 0 Å². The van der Waals surface area contributed by atoms with Crippen LogP contribution in [0, 0.1) is 5.92 Å². The molecule has 106 valence electrons. The SMILES string of the molecule is CCCn1ccnc1C(NC)C1CC1c1ccccc1. The number of imidazole rings is 1. The zero-order valence-corrected chi connectivity index (χ0v) is 12.3. The highest BCUT2D eigenvalue weighted by Crippen LogP contribution is 2.53. The molecule has 20 heavy (non-hydrogen) atoms. The fourth-order valence-corrected chi connectivity index (χ4v) is 3.23. The summed E-state index contributed by atoms with van der Waals surface area (Å²) in [5.74, 6) is 2.54. The molecule has 1 fully saturated rings. The molecule has 1 saturated carbocycles. The molecule has 1 aromatic carbocycles. The van der Waals surface area contributed by atoms with Crippen LogP contribution >= 0.6 is 0 Å². The molecule has 0 radical (unpaired) electrons. The van der Waals surface area contributed by atoms with Gasteiger partial charge in [0.1, 0.15) is 5.82 Å². The first-order chi connectivity index (χ1) is 9.85. The largest absolute Gasteiger partial charge is 0.334 e. The highest BCUT2D eigenvalue weighted by atomic mass is 15.1. The lowest BCUT2D eigenvalue weighted by Crippen LogP contribution is -2.23. The van der Waals surface area contributed by atoms with E-state index < -0.39 is 0 Å². The Hall–Kier alpha value is -1.61. The molecule has 3 heteroatoms. The molecule has 1 N–H and O–H groups in total. The number of nitrogens with zero attached hydrogens (tertiary/aromatic N) is 2. The van der Waals surface area contributed by atoms with Gasteiger partial charge >= 0.3 is 0 Å². The third-order valence-electron chi connectivity index (χ3n) is 4.30. The molecule has 0 saturated heterocycles. The Bertz CT molecular complexity index is 546. The van der Waals surface area contributed by atoms with Crippen LogP contribution < -0.4 is 5.32 Å². The minimum Gasteiger partial charge on any atom is -0.334 e. The molecule has 0 amide bonds. The smallest absolute Gasteiger partial charge is 0.126 e. The van der Waals surface area contributed by atoms with Gasteiger partial charge in [0.2, 0.25) is 0 Å². The zero-order chi connectivity index (χ0) is 13.9. The van der Waals surface area contributed by atoms with E-state index in [-0.39, 0.29) is 0 Å². The third kappa shape index (κ3) is 2.50. The van der Waals surface area contributed by atoms with E-state index in [0.29, 0.717) is 17.9 Å². The summed E-state index contributed by atoms with van der Waals surface area (Å²) in [6, 6.07) is 11.2. The summed E-state index contributed by atoms with van der Waals surface area (Å²) in [6.45, 7) is 3.26.